The Morgan fingerprint density at radius 2 is 2.06 bits per heavy atom. The third-order valence-electron chi connectivity index (χ3n) is 2.31. The van der Waals surface area contributed by atoms with Gasteiger partial charge in [0.05, 0.1) is 5.02 Å². The number of halogens is 2. The molecular weight excluding hydrogens is 279 g/mol. The van der Waals surface area contributed by atoms with Gasteiger partial charge in [-0.3, -0.25) is 0 Å². The molecule has 0 aliphatic carbocycles. The van der Waals surface area contributed by atoms with E-state index in [0.717, 1.165) is 15.0 Å². The van der Waals surface area contributed by atoms with Crippen LogP contribution in [-0.2, 0) is 0 Å². The molecule has 1 aromatic carbocycles. The summed E-state index contributed by atoms with van der Waals surface area (Å²) >= 11 is 13.7. The number of thiophene rings is 1. The molecule has 3 nitrogen and oxygen atoms in total. The molecule has 86 valence electrons. The molecule has 2 aromatic heterocycles. The number of aryl methyl sites for hydroxylation is 1. The van der Waals surface area contributed by atoms with Gasteiger partial charge in [-0.05, 0) is 12.1 Å². The highest BCUT2D eigenvalue weighted by Gasteiger charge is 2.16. The fourth-order valence-corrected chi connectivity index (χ4v) is 3.27. The largest absolute Gasteiger partial charge is 0.420 e. The van der Waals surface area contributed by atoms with E-state index in [1.54, 1.807) is 6.92 Å². The van der Waals surface area contributed by atoms with Gasteiger partial charge in [-0.15, -0.1) is 21.5 Å². The molecule has 0 aliphatic rings. The van der Waals surface area contributed by atoms with Crippen LogP contribution in [0.15, 0.2) is 22.6 Å². The predicted octanol–water partition coefficient (Wildman–Crippen LogP) is 4.57. The highest BCUT2D eigenvalue weighted by molar-refractivity contribution is 7.23. The molecule has 3 rings (SSSR count). The molecule has 0 amide bonds. The third kappa shape index (κ3) is 1.82. The van der Waals surface area contributed by atoms with Crippen molar-refractivity contribution in [2.45, 2.75) is 6.92 Å². The molecule has 0 spiro atoms. The van der Waals surface area contributed by atoms with Gasteiger partial charge in [0.2, 0.25) is 5.89 Å². The minimum atomic E-state index is 0.449. The van der Waals surface area contributed by atoms with Crippen molar-refractivity contribution in [3.63, 3.8) is 0 Å². The maximum atomic E-state index is 6.29. The van der Waals surface area contributed by atoms with Gasteiger partial charge in [-0.25, -0.2) is 0 Å². The number of nitrogens with zero attached hydrogens (tertiary/aromatic N) is 2. The molecule has 0 aliphatic heterocycles. The van der Waals surface area contributed by atoms with Crippen LogP contribution in [-0.4, -0.2) is 10.2 Å². The van der Waals surface area contributed by atoms with Crippen LogP contribution in [0.1, 0.15) is 5.89 Å². The van der Waals surface area contributed by atoms with Crippen molar-refractivity contribution in [3.8, 4) is 10.8 Å². The Labute approximate surface area is 111 Å². The maximum absolute atomic E-state index is 6.29. The number of rotatable bonds is 1. The number of fused-ring (bicyclic) bond motifs is 1. The molecule has 3 aromatic rings. The Balaban J connectivity index is 2.27. The highest BCUT2D eigenvalue weighted by atomic mass is 35.5. The molecule has 0 N–H and O–H groups in total. The minimum Gasteiger partial charge on any atom is -0.420 e. The van der Waals surface area contributed by atoms with E-state index >= 15 is 0 Å². The van der Waals surface area contributed by atoms with Crippen LogP contribution >= 0.6 is 34.5 Å². The predicted molar refractivity (Wildman–Crippen MR) is 69.9 cm³/mol. The van der Waals surface area contributed by atoms with Gasteiger partial charge >= 0.3 is 0 Å². The summed E-state index contributed by atoms with van der Waals surface area (Å²) in [5, 5.41) is 10.0. The lowest BCUT2D eigenvalue weighted by Crippen LogP contribution is -1.72. The molecule has 0 fully saturated rings. The molecule has 0 saturated carbocycles. The summed E-state index contributed by atoms with van der Waals surface area (Å²) in [5.41, 5.74) is 0. The fraction of sp³-hybridized carbons (Fsp3) is 0.0909. The number of aromatic nitrogens is 2. The van der Waals surface area contributed by atoms with Gasteiger partial charge in [0.1, 0.15) is 4.88 Å². The van der Waals surface area contributed by atoms with Crippen molar-refractivity contribution in [2.24, 2.45) is 0 Å². The lowest BCUT2D eigenvalue weighted by atomic mass is 10.2. The van der Waals surface area contributed by atoms with E-state index in [0.29, 0.717) is 21.8 Å². The van der Waals surface area contributed by atoms with Crippen LogP contribution in [0.4, 0.5) is 0 Å². The molecular formula is C11H6Cl2N2OS. The van der Waals surface area contributed by atoms with Gasteiger partial charge in [-0.2, -0.15) is 0 Å². The number of hydrogen-bond donors (Lipinski definition) is 0. The molecule has 0 bridgehead atoms. The summed E-state index contributed by atoms with van der Waals surface area (Å²) in [6.45, 7) is 1.74. The fourth-order valence-electron chi connectivity index (χ4n) is 1.56. The SMILES string of the molecule is Cc1nnc(-c2sc3cc(Cl)ccc3c2Cl)o1. The highest BCUT2D eigenvalue weighted by Crippen LogP contribution is 2.42. The van der Waals surface area contributed by atoms with Gasteiger partial charge in [0, 0.05) is 22.0 Å². The minimum absolute atomic E-state index is 0.449. The van der Waals surface area contributed by atoms with E-state index < -0.39 is 0 Å². The van der Waals surface area contributed by atoms with E-state index in [2.05, 4.69) is 10.2 Å². The van der Waals surface area contributed by atoms with Gasteiger partial charge in [0.25, 0.3) is 5.89 Å². The average molecular weight is 285 g/mol. The first-order valence-electron chi connectivity index (χ1n) is 4.83. The Morgan fingerprint density at radius 1 is 1.24 bits per heavy atom. The van der Waals surface area contributed by atoms with Crippen LogP contribution in [0.25, 0.3) is 20.9 Å². The monoisotopic (exact) mass is 284 g/mol. The molecule has 17 heavy (non-hydrogen) atoms. The second-order valence-electron chi connectivity index (χ2n) is 3.51. The summed E-state index contributed by atoms with van der Waals surface area (Å²) in [6.07, 6.45) is 0. The van der Waals surface area contributed by atoms with Gasteiger partial charge in [-0.1, -0.05) is 29.3 Å². The Morgan fingerprint density at radius 3 is 2.76 bits per heavy atom. The van der Waals surface area contributed by atoms with Crippen molar-refractivity contribution < 1.29 is 4.42 Å². The van der Waals surface area contributed by atoms with E-state index in [-0.39, 0.29) is 0 Å². The van der Waals surface area contributed by atoms with Gasteiger partial charge in [0.15, 0.2) is 0 Å². The maximum Gasteiger partial charge on any atom is 0.259 e. The standard InChI is InChI=1S/C11H6Cl2N2OS/c1-5-14-15-11(16-5)10-9(13)7-3-2-6(12)4-8(7)17-10/h2-4H,1H3. The Hall–Kier alpha value is -1.10. The van der Waals surface area contributed by atoms with Crippen molar-refractivity contribution >= 4 is 44.6 Å². The lowest BCUT2D eigenvalue weighted by Gasteiger charge is -1.90. The topological polar surface area (TPSA) is 38.9 Å². The molecule has 0 unspecified atom stereocenters. The van der Waals surface area contributed by atoms with Gasteiger partial charge < -0.3 is 4.42 Å². The summed E-state index contributed by atoms with van der Waals surface area (Å²) < 4.78 is 6.39. The second-order valence-corrected chi connectivity index (χ2v) is 5.38. The van der Waals surface area contributed by atoms with Crippen LogP contribution in [0, 0.1) is 6.92 Å². The van der Waals surface area contributed by atoms with Crippen LogP contribution in [0.2, 0.25) is 10.0 Å². The zero-order chi connectivity index (χ0) is 12.0. The van der Waals surface area contributed by atoms with Crippen LogP contribution in [0.5, 0.6) is 0 Å². The van der Waals surface area contributed by atoms with Crippen LogP contribution in [0.3, 0.4) is 0 Å². The summed E-state index contributed by atoms with van der Waals surface area (Å²) in [5.74, 6) is 0.969. The van der Waals surface area contributed by atoms with E-state index in [1.165, 1.54) is 11.3 Å². The first-order chi connectivity index (χ1) is 8.15. The smallest absolute Gasteiger partial charge is 0.259 e. The summed E-state index contributed by atoms with van der Waals surface area (Å²) in [7, 11) is 0. The van der Waals surface area contributed by atoms with Crippen molar-refractivity contribution in [1.82, 2.24) is 10.2 Å². The van der Waals surface area contributed by atoms with Crippen molar-refractivity contribution in [2.75, 3.05) is 0 Å². The van der Waals surface area contributed by atoms with Crippen molar-refractivity contribution in [3.05, 3.63) is 34.1 Å². The quantitative estimate of drug-likeness (QED) is 0.657. The first-order valence-corrected chi connectivity index (χ1v) is 6.40. The first kappa shape index (κ1) is 11.0. The summed E-state index contributed by atoms with van der Waals surface area (Å²) in [6, 6.07) is 5.58. The Kier molecular flexibility index (Phi) is 2.58. The zero-order valence-electron chi connectivity index (χ0n) is 8.70. The molecule has 0 atom stereocenters. The summed E-state index contributed by atoms with van der Waals surface area (Å²) in [4.78, 5) is 0.782. The van der Waals surface area contributed by atoms with Crippen molar-refractivity contribution in [1.29, 1.82) is 0 Å². The van der Waals surface area contributed by atoms with E-state index in [9.17, 15) is 0 Å². The van der Waals surface area contributed by atoms with E-state index in [4.69, 9.17) is 27.6 Å². The molecule has 2 heterocycles. The third-order valence-corrected chi connectivity index (χ3v) is 4.19. The Bertz CT molecular complexity index is 705. The number of benzene rings is 1. The number of hydrogen-bond acceptors (Lipinski definition) is 4. The normalized spacial score (nSPS) is 11.2. The lowest BCUT2D eigenvalue weighted by molar-refractivity contribution is 0.534. The second kappa shape index (κ2) is 3.98. The molecule has 0 saturated heterocycles. The average Bonchev–Trinajstić information content (AvgIpc) is 2.83. The van der Waals surface area contributed by atoms with Crippen LogP contribution < -0.4 is 0 Å². The molecule has 6 heteroatoms. The molecule has 0 radical (unpaired) electrons. The van der Waals surface area contributed by atoms with E-state index in [1.807, 2.05) is 18.2 Å². The zero-order valence-corrected chi connectivity index (χ0v) is 11.0.